The second-order valence-corrected chi connectivity index (χ2v) is 7.07. The SMILES string of the molecule is Cc1cc(C)n(-c2cncc(N3CCC(C(=O)c4ccccc4)CC3)n2)n1. The van der Waals surface area contributed by atoms with Crippen LogP contribution in [0, 0.1) is 19.8 Å². The van der Waals surface area contributed by atoms with Crippen LogP contribution in [0.25, 0.3) is 5.82 Å². The van der Waals surface area contributed by atoms with Crippen LogP contribution in [0.1, 0.15) is 34.6 Å². The second-order valence-electron chi connectivity index (χ2n) is 7.07. The highest BCUT2D eigenvalue weighted by Crippen LogP contribution is 2.25. The summed E-state index contributed by atoms with van der Waals surface area (Å²) < 4.78 is 1.82. The minimum absolute atomic E-state index is 0.0794. The lowest BCUT2D eigenvalue weighted by Crippen LogP contribution is -2.37. The van der Waals surface area contributed by atoms with Crippen molar-refractivity contribution in [3.05, 3.63) is 65.7 Å². The van der Waals surface area contributed by atoms with E-state index in [4.69, 9.17) is 4.98 Å². The van der Waals surface area contributed by atoms with Crippen molar-refractivity contribution in [2.45, 2.75) is 26.7 Å². The number of nitrogens with zero attached hydrogens (tertiary/aromatic N) is 5. The standard InChI is InChI=1S/C21H23N5O/c1-15-12-16(2)26(24-15)20-14-22-13-19(23-20)25-10-8-18(9-11-25)21(27)17-6-4-3-5-7-17/h3-7,12-14,18H,8-11H2,1-2H3. The topological polar surface area (TPSA) is 63.9 Å². The van der Waals surface area contributed by atoms with Crippen LogP contribution >= 0.6 is 0 Å². The third-order valence-electron chi connectivity index (χ3n) is 5.08. The molecule has 0 N–H and O–H groups in total. The highest BCUT2D eigenvalue weighted by atomic mass is 16.1. The number of carbonyl (C=O) groups excluding carboxylic acids is 1. The van der Waals surface area contributed by atoms with Crippen LogP contribution in [0.3, 0.4) is 0 Å². The molecule has 0 atom stereocenters. The summed E-state index contributed by atoms with van der Waals surface area (Å²) in [5.74, 6) is 1.89. The Morgan fingerprint density at radius 3 is 2.41 bits per heavy atom. The monoisotopic (exact) mass is 361 g/mol. The molecule has 1 saturated heterocycles. The van der Waals surface area contributed by atoms with Gasteiger partial charge in [0, 0.05) is 30.3 Å². The fourth-order valence-corrected chi connectivity index (χ4v) is 3.67. The van der Waals surface area contributed by atoms with Crippen LogP contribution in [-0.4, -0.2) is 38.6 Å². The zero-order chi connectivity index (χ0) is 18.8. The Morgan fingerprint density at radius 2 is 1.74 bits per heavy atom. The predicted molar refractivity (Wildman–Crippen MR) is 104 cm³/mol. The van der Waals surface area contributed by atoms with Gasteiger partial charge in [0.15, 0.2) is 11.6 Å². The molecule has 0 aliphatic carbocycles. The van der Waals surface area contributed by atoms with E-state index in [0.717, 1.165) is 54.5 Å². The number of aryl methyl sites for hydroxylation is 2. The molecule has 0 spiro atoms. The molecule has 3 heterocycles. The van der Waals surface area contributed by atoms with Gasteiger partial charge in [-0.05, 0) is 32.8 Å². The van der Waals surface area contributed by atoms with E-state index in [0.29, 0.717) is 0 Å². The minimum Gasteiger partial charge on any atom is -0.355 e. The number of benzene rings is 1. The van der Waals surface area contributed by atoms with Crippen LogP contribution < -0.4 is 4.90 Å². The van der Waals surface area contributed by atoms with Gasteiger partial charge in [0.25, 0.3) is 0 Å². The molecule has 6 nitrogen and oxygen atoms in total. The molecule has 1 aliphatic rings. The molecule has 0 bridgehead atoms. The van der Waals surface area contributed by atoms with Gasteiger partial charge >= 0.3 is 0 Å². The van der Waals surface area contributed by atoms with Crippen molar-refractivity contribution in [1.82, 2.24) is 19.7 Å². The molecule has 0 unspecified atom stereocenters. The van der Waals surface area contributed by atoms with Crippen molar-refractivity contribution < 1.29 is 4.79 Å². The predicted octanol–water partition coefficient (Wildman–Crippen LogP) is 3.38. The number of anilines is 1. The van der Waals surface area contributed by atoms with E-state index < -0.39 is 0 Å². The summed E-state index contributed by atoms with van der Waals surface area (Å²) in [6.45, 7) is 5.58. The Morgan fingerprint density at radius 1 is 1.04 bits per heavy atom. The summed E-state index contributed by atoms with van der Waals surface area (Å²) in [5.41, 5.74) is 2.80. The average molecular weight is 361 g/mol. The largest absolute Gasteiger partial charge is 0.355 e. The number of ketones is 1. The molecule has 0 radical (unpaired) electrons. The van der Waals surface area contributed by atoms with Gasteiger partial charge < -0.3 is 4.90 Å². The highest BCUT2D eigenvalue weighted by molar-refractivity contribution is 5.97. The van der Waals surface area contributed by atoms with Gasteiger partial charge in [0.2, 0.25) is 0 Å². The van der Waals surface area contributed by atoms with Gasteiger partial charge in [-0.3, -0.25) is 9.78 Å². The second kappa shape index (κ2) is 7.31. The van der Waals surface area contributed by atoms with Gasteiger partial charge in [-0.25, -0.2) is 9.67 Å². The van der Waals surface area contributed by atoms with E-state index >= 15 is 0 Å². The van der Waals surface area contributed by atoms with Crippen LogP contribution in [0.15, 0.2) is 48.8 Å². The normalized spacial score (nSPS) is 15.1. The molecule has 27 heavy (non-hydrogen) atoms. The third-order valence-corrected chi connectivity index (χ3v) is 5.08. The van der Waals surface area contributed by atoms with Gasteiger partial charge in [-0.2, -0.15) is 5.10 Å². The fourth-order valence-electron chi connectivity index (χ4n) is 3.67. The van der Waals surface area contributed by atoms with E-state index in [1.165, 1.54) is 0 Å². The maximum Gasteiger partial charge on any atom is 0.174 e. The summed E-state index contributed by atoms with van der Waals surface area (Å²) in [6, 6.07) is 11.6. The Bertz CT molecular complexity index is 942. The van der Waals surface area contributed by atoms with E-state index in [1.807, 2.05) is 54.9 Å². The summed E-state index contributed by atoms with van der Waals surface area (Å²) in [7, 11) is 0. The Labute approximate surface area is 158 Å². The number of Topliss-reactive ketones (excluding diaryl/α,β-unsaturated/α-hetero) is 1. The van der Waals surface area contributed by atoms with Crippen molar-refractivity contribution in [2.75, 3.05) is 18.0 Å². The number of aromatic nitrogens is 4. The van der Waals surface area contributed by atoms with Gasteiger partial charge in [0.05, 0.1) is 18.1 Å². The summed E-state index contributed by atoms with van der Waals surface area (Å²) in [6.07, 6.45) is 5.18. The molecule has 2 aromatic heterocycles. The molecular weight excluding hydrogens is 338 g/mol. The lowest BCUT2D eigenvalue weighted by Gasteiger charge is -2.32. The Hall–Kier alpha value is -3.02. The third kappa shape index (κ3) is 3.60. The van der Waals surface area contributed by atoms with E-state index in [-0.39, 0.29) is 11.7 Å². The lowest BCUT2D eigenvalue weighted by atomic mass is 9.89. The van der Waals surface area contributed by atoms with Crippen LogP contribution in [-0.2, 0) is 0 Å². The molecule has 3 aromatic rings. The fraction of sp³-hybridized carbons (Fsp3) is 0.333. The number of rotatable bonds is 4. The zero-order valence-electron chi connectivity index (χ0n) is 15.7. The maximum absolute atomic E-state index is 12.7. The molecule has 0 amide bonds. The molecule has 1 aliphatic heterocycles. The smallest absolute Gasteiger partial charge is 0.174 e. The molecule has 138 valence electrons. The first-order chi connectivity index (χ1) is 13.1. The van der Waals surface area contributed by atoms with Gasteiger partial charge in [-0.1, -0.05) is 30.3 Å². The quantitative estimate of drug-likeness (QED) is 0.667. The van der Waals surface area contributed by atoms with E-state index in [2.05, 4.69) is 15.0 Å². The van der Waals surface area contributed by atoms with Gasteiger partial charge in [0.1, 0.15) is 5.82 Å². The Kier molecular flexibility index (Phi) is 4.71. The van der Waals surface area contributed by atoms with E-state index in [1.54, 1.807) is 12.4 Å². The van der Waals surface area contributed by atoms with Crippen molar-refractivity contribution in [3.63, 3.8) is 0 Å². The number of hydrogen-bond donors (Lipinski definition) is 0. The molecule has 6 heteroatoms. The first kappa shape index (κ1) is 17.4. The Balaban J connectivity index is 1.46. The van der Waals surface area contributed by atoms with Gasteiger partial charge in [-0.15, -0.1) is 0 Å². The van der Waals surface area contributed by atoms with Crippen molar-refractivity contribution in [1.29, 1.82) is 0 Å². The molecule has 4 rings (SSSR count). The minimum atomic E-state index is 0.0794. The zero-order valence-corrected chi connectivity index (χ0v) is 15.7. The lowest BCUT2D eigenvalue weighted by molar-refractivity contribution is 0.0900. The summed E-state index contributed by atoms with van der Waals surface area (Å²) in [4.78, 5) is 24.0. The van der Waals surface area contributed by atoms with Crippen molar-refractivity contribution in [3.8, 4) is 5.82 Å². The number of piperidine rings is 1. The average Bonchev–Trinajstić information content (AvgIpc) is 3.06. The highest BCUT2D eigenvalue weighted by Gasteiger charge is 2.26. The summed E-state index contributed by atoms with van der Waals surface area (Å²) in [5, 5.41) is 4.49. The molecule has 1 fully saturated rings. The van der Waals surface area contributed by atoms with Crippen molar-refractivity contribution >= 4 is 11.6 Å². The van der Waals surface area contributed by atoms with Crippen LogP contribution in [0.4, 0.5) is 5.82 Å². The van der Waals surface area contributed by atoms with Crippen LogP contribution in [0.2, 0.25) is 0 Å². The van der Waals surface area contributed by atoms with Crippen LogP contribution in [0.5, 0.6) is 0 Å². The van der Waals surface area contributed by atoms with Crippen molar-refractivity contribution in [2.24, 2.45) is 5.92 Å². The number of hydrogen-bond acceptors (Lipinski definition) is 5. The molecule has 0 saturated carbocycles. The molecule has 1 aromatic carbocycles. The molecular formula is C21H23N5O. The maximum atomic E-state index is 12.7. The summed E-state index contributed by atoms with van der Waals surface area (Å²) >= 11 is 0. The first-order valence-electron chi connectivity index (χ1n) is 9.32. The first-order valence-corrected chi connectivity index (χ1v) is 9.32. The van der Waals surface area contributed by atoms with E-state index in [9.17, 15) is 4.79 Å². The number of carbonyl (C=O) groups is 1.